The highest BCUT2D eigenvalue weighted by atomic mass is 35.5. The summed E-state index contributed by atoms with van der Waals surface area (Å²) in [6, 6.07) is 0. The second kappa shape index (κ2) is 3.07. The minimum Gasteiger partial charge on any atom is -1.00 e. The Morgan fingerprint density at radius 1 is 1.55 bits per heavy atom. The number of allylic oxidation sites excluding steroid dienone is 2. The Morgan fingerprint density at radius 3 is 3.09 bits per heavy atom. The third-order valence-corrected chi connectivity index (χ3v) is 1.82. The maximum atomic E-state index is 11.0. The highest BCUT2D eigenvalue weighted by molar-refractivity contribution is 5.72. The van der Waals surface area contributed by atoms with Gasteiger partial charge in [-0.1, -0.05) is 6.08 Å². The fraction of sp³-hybridized carbons (Fsp3) is 0.286. The standard InChI is InChI=1S/C7H8N2O.ClH/c10-7-5-8-6-3-1-2-4-9(6)7;/h1-3,8H,4-5H2;1H. The Labute approximate surface area is 71.2 Å². The number of nitrogens with one attached hydrogen (secondary N) is 2. The van der Waals surface area contributed by atoms with E-state index in [0.717, 1.165) is 17.3 Å². The lowest BCUT2D eigenvalue weighted by atomic mass is 10.3. The zero-order valence-electron chi connectivity index (χ0n) is 5.93. The van der Waals surface area contributed by atoms with Gasteiger partial charge in [0.15, 0.2) is 0 Å². The maximum absolute atomic E-state index is 11.0. The third-order valence-electron chi connectivity index (χ3n) is 1.82. The second-order valence-corrected chi connectivity index (χ2v) is 2.47. The molecule has 4 heteroatoms. The number of hydrogen-bond donors (Lipinski definition) is 2. The molecule has 1 atom stereocenters. The number of carbonyl (C=O) groups excluding carboxylic acids is 1. The molecule has 2 rings (SSSR count). The van der Waals surface area contributed by atoms with Crippen LogP contribution in [0.2, 0.25) is 0 Å². The van der Waals surface area contributed by atoms with Crippen molar-refractivity contribution in [3.8, 4) is 0 Å². The van der Waals surface area contributed by atoms with Crippen LogP contribution in [0, 0.1) is 0 Å². The average molecular weight is 173 g/mol. The molecule has 2 aliphatic rings. The van der Waals surface area contributed by atoms with E-state index in [4.69, 9.17) is 0 Å². The first-order valence-corrected chi connectivity index (χ1v) is 3.38. The number of rotatable bonds is 0. The monoisotopic (exact) mass is 172 g/mol. The van der Waals surface area contributed by atoms with Gasteiger partial charge < -0.3 is 17.7 Å². The van der Waals surface area contributed by atoms with E-state index >= 15 is 0 Å². The topological polar surface area (TPSA) is 33.5 Å². The van der Waals surface area contributed by atoms with Gasteiger partial charge in [0, 0.05) is 6.08 Å². The second-order valence-electron chi connectivity index (χ2n) is 2.47. The van der Waals surface area contributed by atoms with Crippen molar-refractivity contribution in [2.75, 3.05) is 13.1 Å². The Hall–Kier alpha value is -0.800. The van der Waals surface area contributed by atoms with Gasteiger partial charge in [0.1, 0.15) is 13.1 Å². The van der Waals surface area contributed by atoms with Crippen LogP contribution in [0.5, 0.6) is 0 Å². The Balaban J connectivity index is 0.000000605. The van der Waals surface area contributed by atoms with E-state index in [9.17, 15) is 4.79 Å². The quantitative estimate of drug-likeness (QED) is 0.386. The van der Waals surface area contributed by atoms with Crippen LogP contribution >= 0.6 is 0 Å². The van der Waals surface area contributed by atoms with Crippen LogP contribution in [0.25, 0.3) is 0 Å². The van der Waals surface area contributed by atoms with Crippen LogP contribution in [0.1, 0.15) is 0 Å². The van der Waals surface area contributed by atoms with Gasteiger partial charge in [-0.3, -0.25) is 0 Å². The lowest BCUT2D eigenvalue weighted by Gasteiger charge is -2.09. The number of carbonyl (C=O) groups is 1. The van der Waals surface area contributed by atoms with Gasteiger partial charge >= 0.3 is 5.91 Å². The number of hydrogen-bond acceptors (Lipinski definition) is 2. The van der Waals surface area contributed by atoms with Crippen LogP contribution in [0.4, 0.5) is 0 Å². The minimum atomic E-state index is 0. The summed E-state index contributed by atoms with van der Waals surface area (Å²) < 4.78 is 0. The third kappa shape index (κ3) is 1.29. The molecule has 0 radical (unpaired) electrons. The van der Waals surface area contributed by atoms with E-state index < -0.39 is 0 Å². The molecule has 1 fully saturated rings. The van der Waals surface area contributed by atoms with E-state index in [0.29, 0.717) is 6.54 Å². The molecule has 1 amide bonds. The van der Waals surface area contributed by atoms with Crippen LogP contribution in [0.15, 0.2) is 24.0 Å². The molecule has 0 bridgehead atoms. The molecule has 0 aromatic rings. The van der Waals surface area contributed by atoms with Gasteiger partial charge in [-0.25, -0.2) is 9.69 Å². The lowest BCUT2D eigenvalue weighted by molar-refractivity contribution is -0.766. The summed E-state index contributed by atoms with van der Waals surface area (Å²) in [5.74, 6) is 1.27. The number of amides is 1. The molecule has 1 saturated heterocycles. The highest BCUT2D eigenvalue weighted by Crippen LogP contribution is 1.90. The molecular formula is C7H9ClN2O. The Morgan fingerprint density at radius 2 is 2.36 bits per heavy atom. The normalized spacial score (nSPS) is 26.7. The molecule has 0 saturated carbocycles. The molecule has 0 aromatic carbocycles. The van der Waals surface area contributed by atoms with Crippen LogP contribution < -0.4 is 22.6 Å². The number of halogens is 1. The highest BCUT2D eigenvalue weighted by Gasteiger charge is 2.31. The molecule has 2 aliphatic heterocycles. The summed E-state index contributed by atoms with van der Waals surface area (Å²) >= 11 is 0. The van der Waals surface area contributed by atoms with Gasteiger partial charge in [-0.05, 0) is 6.08 Å². The molecule has 0 aromatic heterocycles. The van der Waals surface area contributed by atoms with Gasteiger partial charge in [-0.2, -0.15) is 0 Å². The summed E-state index contributed by atoms with van der Waals surface area (Å²) in [6.07, 6.45) is 5.93. The summed E-state index contributed by atoms with van der Waals surface area (Å²) in [4.78, 5) is 12.0. The zero-order valence-corrected chi connectivity index (χ0v) is 6.69. The van der Waals surface area contributed by atoms with E-state index in [1.807, 2.05) is 18.2 Å². The predicted molar refractivity (Wildman–Crippen MR) is 36.1 cm³/mol. The summed E-state index contributed by atoms with van der Waals surface area (Å²) in [5, 5.41) is 3.03. The van der Waals surface area contributed by atoms with Gasteiger partial charge in [0.2, 0.25) is 5.82 Å². The summed E-state index contributed by atoms with van der Waals surface area (Å²) in [5.41, 5.74) is 0. The van der Waals surface area contributed by atoms with Crippen LogP contribution in [-0.2, 0) is 4.79 Å². The first-order chi connectivity index (χ1) is 4.88. The van der Waals surface area contributed by atoms with Crippen molar-refractivity contribution in [1.82, 2.24) is 5.32 Å². The molecule has 1 unspecified atom stereocenters. The molecular weight excluding hydrogens is 164 g/mol. The van der Waals surface area contributed by atoms with Gasteiger partial charge in [0.25, 0.3) is 0 Å². The van der Waals surface area contributed by atoms with E-state index in [2.05, 4.69) is 5.32 Å². The van der Waals surface area contributed by atoms with Gasteiger partial charge in [0.05, 0.1) is 0 Å². The van der Waals surface area contributed by atoms with Crippen molar-refractivity contribution < 1.29 is 22.1 Å². The van der Waals surface area contributed by atoms with Crippen LogP contribution in [0.3, 0.4) is 0 Å². The van der Waals surface area contributed by atoms with E-state index in [1.165, 1.54) is 0 Å². The van der Waals surface area contributed by atoms with E-state index in [1.54, 1.807) is 0 Å². The molecule has 3 nitrogen and oxygen atoms in total. The molecule has 11 heavy (non-hydrogen) atoms. The van der Waals surface area contributed by atoms with Crippen molar-refractivity contribution in [1.29, 1.82) is 0 Å². The largest absolute Gasteiger partial charge is 1.00 e. The molecule has 0 aliphatic carbocycles. The van der Waals surface area contributed by atoms with Crippen molar-refractivity contribution in [3.63, 3.8) is 0 Å². The lowest BCUT2D eigenvalue weighted by Crippen LogP contribution is -3.11. The average Bonchev–Trinajstić information content (AvgIpc) is 2.34. The zero-order chi connectivity index (χ0) is 6.97. The summed E-state index contributed by atoms with van der Waals surface area (Å²) in [7, 11) is 0. The van der Waals surface area contributed by atoms with Crippen molar-refractivity contribution >= 4 is 5.91 Å². The number of fused-ring (bicyclic) bond motifs is 1. The van der Waals surface area contributed by atoms with Crippen LogP contribution in [-0.4, -0.2) is 19.0 Å². The minimum absolute atomic E-state index is 0. The fourth-order valence-corrected chi connectivity index (χ4v) is 1.27. The molecule has 2 N–H and O–H groups in total. The van der Waals surface area contributed by atoms with E-state index in [-0.39, 0.29) is 18.3 Å². The SMILES string of the molecule is O=C1CNC2=CC=CC[NH+]12.[Cl-]. The smallest absolute Gasteiger partial charge is 0.337 e. The molecule has 2 heterocycles. The maximum Gasteiger partial charge on any atom is 0.337 e. The fourth-order valence-electron chi connectivity index (χ4n) is 1.27. The predicted octanol–water partition coefficient (Wildman–Crippen LogP) is -4.58. The first kappa shape index (κ1) is 8.30. The van der Waals surface area contributed by atoms with Crippen molar-refractivity contribution in [3.05, 3.63) is 24.0 Å². The molecule has 0 spiro atoms. The van der Waals surface area contributed by atoms with Crippen molar-refractivity contribution in [2.45, 2.75) is 0 Å². The first-order valence-electron chi connectivity index (χ1n) is 3.38. The molecule has 60 valence electrons. The Bertz CT molecular complexity index is 235. The van der Waals surface area contributed by atoms with Crippen molar-refractivity contribution in [2.24, 2.45) is 0 Å². The summed E-state index contributed by atoms with van der Waals surface area (Å²) in [6.45, 7) is 1.29. The number of quaternary nitrogens is 1. The van der Waals surface area contributed by atoms with Gasteiger partial charge in [-0.15, -0.1) is 0 Å². The Kier molecular flexibility index (Phi) is 2.31.